The maximum absolute atomic E-state index is 6.04. The summed E-state index contributed by atoms with van der Waals surface area (Å²) in [5, 5.41) is 0. The Hall–Kier alpha value is -0.510. The second-order valence-corrected chi connectivity index (χ2v) is 6.74. The van der Waals surface area contributed by atoms with Crippen LogP contribution in [0.25, 0.3) is 0 Å². The number of hydrogen-bond donors (Lipinski definition) is 1. The van der Waals surface area contributed by atoms with Crippen LogP contribution in [0.1, 0.15) is 31.2 Å². The van der Waals surface area contributed by atoms with Gasteiger partial charge in [0.1, 0.15) is 0 Å². The maximum atomic E-state index is 6.04. The number of nitrogens with zero attached hydrogens (tertiary/aromatic N) is 1. The van der Waals surface area contributed by atoms with Gasteiger partial charge in [0.05, 0.1) is 0 Å². The normalized spacial score (nSPS) is 32.4. The lowest BCUT2D eigenvalue weighted by Crippen LogP contribution is -2.46. The van der Waals surface area contributed by atoms with E-state index in [2.05, 4.69) is 36.1 Å². The number of thioether (sulfide) groups is 1. The van der Waals surface area contributed by atoms with Crippen molar-refractivity contribution in [1.82, 2.24) is 4.90 Å². The van der Waals surface area contributed by atoms with Crippen LogP contribution in [0.15, 0.2) is 29.2 Å². The first-order valence-electron chi connectivity index (χ1n) is 6.95. The monoisotopic (exact) mass is 262 g/mol. The molecule has 18 heavy (non-hydrogen) atoms. The Balaban J connectivity index is 1.68. The van der Waals surface area contributed by atoms with Gasteiger partial charge in [0.25, 0.3) is 0 Å². The van der Waals surface area contributed by atoms with Crippen molar-refractivity contribution in [3.8, 4) is 0 Å². The number of hydrogen-bond acceptors (Lipinski definition) is 3. The Morgan fingerprint density at radius 1 is 1.39 bits per heavy atom. The summed E-state index contributed by atoms with van der Waals surface area (Å²) in [6.07, 6.45) is 2.31. The van der Waals surface area contributed by atoms with Gasteiger partial charge in [-0.2, -0.15) is 0 Å². The Morgan fingerprint density at radius 3 is 3.06 bits per heavy atom. The zero-order valence-corrected chi connectivity index (χ0v) is 11.8. The third-order valence-electron chi connectivity index (χ3n) is 4.31. The summed E-state index contributed by atoms with van der Waals surface area (Å²) in [5.74, 6) is 1.96. The molecule has 3 heteroatoms. The van der Waals surface area contributed by atoms with Gasteiger partial charge < -0.3 is 5.73 Å². The van der Waals surface area contributed by atoms with Crippen molar-refractivity contribution in [3.05, 3.63) is 29.8 Å². The molecule has 3 unspecified atom stereocenters. The third-order valence-corrected chi connectivity index (χ3v) is 5.56. The summed E-state index contributed by atoms with van der Waals surface area (Å²) in [6, 6.07) is 9.95. The van der Waals surface area contributed by atoms with Crippen LogP contribution < -0.4 is 5.73 Å². The van der Waals surface area contributed by atoms with Gasteiger partial charge in [0.15, 0.2) is 0 Å². The summed E-state index contributed by atoms with van der Waals surface area (Å²) in [4.78, 5) is 4.13. The van der Waals surface area contributed by atoms with E-state index >= 15 is 0 Å². The molecule has 3 rings (SSSR count). The van der Waals surface area contributed by atoms with Gasteiger partial charge in [-0.15, -0.1) is 11.8 Å². The smallest absolute Gasteiger partial charge is 0.0108 e. The van der Waals surface area contributed by atoms with Crippen LogP contribution >= 0.6 is 11.8 Å². The first kappa shape index (κ1) is 12.5. The zero-order chi connectivity index (χ0) is 12.5. The summed E-state index contributed by atoms with van der Waals surface area (Å²) >= 11 is 2.01. The van der Waals surface area contributed by atoms with E-state index in [1.165, 1.54) is 23.7 Å². The van der Waals surface area contributed by atoms with Crippen LogP contribution in [0, 0.1) is 0 Å². The average Bonchev–Trinajstić information content (AvgIpc) is 2.76. The molecule has 0 bridgehead atoms. The minimum Gasteiger partial charge on any atom is -0.328 e. The molecular weight excluding hydrogens is 240 g/mol. The van der Waals surface area contributed by atoms with Crippen LogP contribution in [0.5, 0.6) is 0 Å². The van der Waals surface area contributed by atoms with E-state index in [1.807, 2.05) is 11.8 Å². The standard InChI is InChI=1S/C15H22N2S/c1-11-8-13(16)6-7-17(11)9-12-10-18-15-5-3-2-4-14(12)15/h2-5,11-13H,6-10,16H2,1H3. The fourth-order valence-corrected chi connectivity index (χ4v) is 4.43. The lowest BCUT2D eigenvalue weighted by molar-refractivity contribution is 0.142. The Morgan fingerprint density at radius 2 is 2.22 bits per heavy atom. The minimum absolute atomic E-state index is 0.418. The van der Waals surface area contributed by atoms with Crippen molar-refractivity contribution in [2.24, 2.45) is 5.73 Å². The van der Waals surface area contributed by atoms with E-state index in [0.717, 1.165) is 12.8 Å². The van der Waals surface area contributed by atoms with Crippen LogP contribution in [0.2, 0.25) is 0 Å². The summed E-state index contributed by atoms with van der Waals surface area (Å²) in [5.41, 5.74) is 7.60. The molecule has 2 heterocycles. The molecule has 1 aromatic rings. The fraction of sp³-hybridized carbons (Fsp3) is 0.600. The molecule has 0 amide bonds. The van der Waals surface area contributed by atoms with Gasteiger partial charge in [0, 0.05) is 35.2 Å². The van der Waals surface area contributed by atoms with Gasteiger partial charge in [-0.05, 0) is 37.9 Å². The molecule has 0 spiro atoms. The number of rotatable bonds is 2. The summed E-state index contributed by atoms with van der Waals surface area (Å²) in [6.45, 7) is 4.70. The number of fused-ring (bicyclic) bond motifs is 1. The van der Waals surface area contributed by atoms with Crippen molar-refractivity contribution in [2.75, 3.05) is 18.8 Å². The molecule has 2 aliphatic rings. The Bertz CT molecular complexity index is 421. The molecule has 2 aliphatic heterocycles. The molecule has 0 aromatic heterocycles. The summed E-state index contributed by atoms with van der Waals surface area (Å²) in [7, 11) is 0. The van der Waals surface area contributed by atoms with Crippen LogP contribution in [-0.4, -0.2) is 35.8 Å². The zero-order valence-electron chi connectivity index (χ0n) is 11.0. The van der Waals surface area contributed by atoms with E-state index in [4.69, 9.17) is 5.73 Å². The lowest BCUT2D eigenvalue weighted by Gasteiger charge is -2.37. The van der Waals surface area contributed by atoms with E-state index in [1.54, 1.807) is 5.56 Å². The highest BCUT2D eigenvalue weighted by atomic mass is 32.2. The summed E-state index contributed by atoms with van der Waals surface area (Å²) < 4.78 is 0. The van der Waals surface area contributed by atoms with Crippen molar-refractivity contribution in [2.45, 2.75) is 42.7 Å². The molecule has 1 saturated heterocycles. The van der Waals surface area contributed by atoms with Gasteiger partial charge >= 0.3 is 0 Å². The first-order valence-corrected chi connectivity index (χ1v) is 7.94. The van der Waals surface area contributed by atoms with E-state index < -0.39 is 0 Å². The molecule has 0 saturated carbocycles. The fourth-order valence-electron chi connectivity index (χ4n) is 3.19. The van der Waals surface area contributed by atoms with E-state index in [-0.39, 0.29) is 0 Å². The highest BCUT2D eigenvalue weighted by Crippen LogP contribution is 2.40. The van der Waals surface area contributed by atoms with Crippen LogP contribution in [0.4, 0.5) is 0 Å². The van der Waals surface area contributed by atoms with Crippen LogP contribution in [0.3, 0.4) is 0 Å². The van der Waals surface area contributed by atoms with Crippen LogP contribution in [-0.2, 0) is 0 Å². The SMILES string of the molecule is CC1CC(N)CCN1CC1CSc2ccccc21. The van der Waals surface area contributed by atoms with Gasteiger partial charge in [0.2, 0.25) is 0 Å². The quantitative estimate of drug-likeness (QED) is 0.888. The molecule has 3 atom stereocenters. The largest absolute Gasteiger partial charge is 0.328 e. The molecule has 1 fully saturated rings. The van der Waals surface area contributed by atoms with Crippen molar-refractivity contribution < 1.29 is 0 Å². The van der Waals surface area contributed by atoms with E-state index in [0.29, 0.717) is 18.0 Å². The predicted molar refractivity (Wildman–Crippen MR) is 78.2 cm³/mol. The predicted octanol–water partition coefficient (Wildman–Crippen LogP) is 2.69. The third kappa shape index (κ3) is 2.44. The number of benzene rings is 1. The van der Waals surface area contributed by atoms with Gasteiger partial charge in [-0.1, -0.05) is 18.2 Å². The second kappa shape index (κ2) is 5.24. The van der Waals surface area contributed by atoms with Crippen molar-refractivity contribution in [1.29, 1.82) is 0 Å². The molecule has 0 radical (unpaired) electrons. The number of piperidine rings is 1. The molecule has 1 aromatic carbocycles. The molecule has 2 N–H and O–H groups in total. The Kier molecular flexibility index (Phi) is 3.64. The van der Waals surface area contributed by atoms with E-state index in [9.17, 15) is 0 Å². The highest BCUT2D eigenvalue weighted by Gasteiger charge is 2.29. The topological polar surface area (TPSA) is 29.3 Å². The van der Waals surface area contributed by atoms with Crippen molar-refractivity contribution >= 4 is 11.8 Å². The first-order chi connectivity index (χ1) is 8.74. The molecule has 98 valence electrons. The van der Waals surface area contributed by atoms with Crippen molar-refractivity contribution in [3.63, 3.8) is 0 Å². The van der Waals surface area contributed by atoms with Gasteiger partial charge in [-0.3, -0.25) is 4.90 Å². The molecular formula is C15H22N2S. The lowest BCUT2D eigenvalue weighted by atomic mass is 9.95. The Labute approximate surface area is 114 Å². The number of nitrogens with two attached hydrogens (primary N) is 1. The van der Waals surface area contributed by atoms with Gasteiger partial charge in [-0.25, -0.2) is 0 Å². The maximum Gasteiger partial charge on any atom is 0.0108 e. The second-order valence-electron chi connectivity index (χ2n) is 5.67. The molecule has 0 aliphatic carbocycles. The molecule has 2 nitrogen and oxygen atoms in total. The number of likely N-dealkylation sites (tertiary alicyclic amines) is 1. The average molecular weight is 262 g/mol. The highest BCUT2D eigenvalue weighted by molar-refractivity contribution is 7.99. The minimum atomic E-state index is 0.418.